The van der Waals surface area contributed by atoms with Gasteiger partial charge >= 0.3 is 0 Å². The highest BCUT2D eigenvalue weighted by molar-refractivity contribution is 9.10. The topological polar surface area (TPSA) is 46.4 Å². The molecule has 4 nitrogen and oxygen atoms in total. The average molecular weight is 285 g/mol. The monoisotopic (exact) mass is 284 g/mol. The third-order valence-electron chi connectivity index (χ3n) is 2.91. The summed E-state index contributed by atoms with van der Waals surface area (Å²) in [6.07, 6.45) is 2.39. The molecule has 1 aliphatic rings. The van der Waals surface area contributed by atoms with Crippen molar-refractivity contribution < 1.29 is 4.92 Å². The number of rotatable bonds is 2. The van der Waals surface area contributed by atoms with Crippen LogP contribution in [-0.2, 0) is 0 Å². The summed E-state index contributed by atoms with van der Waals surface area (Å²) in [6.45, 7) is 3.86. The van der Waals surface area contributed by atoms with Gasteiger partial charge < -0.3 is 4.90 Å². The normalized spacial score (nSPS) is 15.5. The van der Waals surface area contributed by atoms with Crippen molar-refractivity contribution in [3.05, 3.63) is 32.3 Å². The molecule has 1 aromatic carbocycles. The number of aryl methyl sites for hydroxylation is 1. The van der Waals surface area contributed by atoms with Crippen LogP contribution in [0.2, 0.25) is 0 Å². The first-order valence-corrected chi connectivity index (χ1v) is 6.08. The highest BCUT2D eigenvalue weighted by Crippen LogP contribution is 2.34. The van der Waals surface area contributed by atoms with Crippen LogP contribution in [-0.4, -0.2) is 18.0 Å². The number of hydrogen-bond acceptors (Lipinski definition) is 3. The lowest BCUT2D eigenvalue weighted by atomic mass is 10.1. The second-order valence-corrected chi connectivity index (χ2v) is 4.90. The van der Waals surface area contributed by atoms with E-state index in [0.29, 0.717) is 0 Å². The Balaban J connectivity index is 2.40. The molecule has 1 heterocycles. The lowest BCUT2D eigenvalue weighted by Gasteiger charge is -2.19. The minimum atomic E-state index is -0.339. The zero-order chi connectivity index (χ0) is 11.7. The van der Waals surface area contributed by atoms with Gasteiger partial charge in [0.05, 0.1) is 10.6 Å². The van der Waals surface area contributed by atoms with Gasteiger partial charge in [-0.25, -0.2) is 0 Å². The van der Waals surface area contributed by atoms with Crippen molar-refractivity contribution in [2.75, 3.05) is 18.0 Å². The molecule has 0 unspecified atom stereocenters. The van der Waals surface area contributed by atoms with Crippen LogP contribution in [0.3, 0.4) is 0 Å². The molecule has 0 aliphatic carbocycles. The molecular formula is C11H13BrN2O2. The van der Waals surface area contributed by atoms with Crippen molar-refractivity contribution in [1.82, 2.24) is 0 Å². The van der Waals surface area contributed by atoms with Gasteiger partial charge in [-0.05, 0) is 41.8 Å². The predicted molar refractivity (Wildman–Crippen MR) is 67.0 cm³/mol. The summed E-state index contributed by atoms with van der Waals surface area (Å²) in [5.41, 5.74) is 1.96. The molecule has 1 fully saturated rings. The molecule has 0 amide bonds. The van der Waals surface area contributed by atoms with Crippen LogP contribution < -0.4 is 4.90 Å². The van der Waals surface area contributed by atoms with E-state index in [9.17, 15) is 10.1 Å². The minimum Gasteiger partial charge on any atom is -0.371 e. The maximum Gasteiger partial charge on any atom is 0.273 e. The third-order valence-corrected chi connectivity index (χ3v) is 3.54. The first-order chi connectivity index (χ1) is 7.59. The fraction of sp³-hybridized carbons (Fsp3) is 0.455. The van der Waals surface area contributed by atoms with Crippen molar-refractivity contribution in [2.24, 2.45) is 0 Å². The number of halogens is 1. The quantitative estimate of drug-likeness (QED) is 0.619. The van der Waals surface area contributed by atoms with Crippen LogP contribution in [0.1, 0.15) is 18.4 Å². The molecule has 0 radical (unpaired) electrons. The zero-order valence-corrected chi connectivity index (χ0v) is 10.7. The predicted octanol–water partition coefficient (Wildman–Crippen LogP) is 3.27. The van der Waals surface area contributed by atoms with Crippen molar-refractivity contribution in [3.8, 4) is 0 Å². The van der Waals surface area contributed by atoms with Gasteiger partial charge in [0, 0.05) is 29.2 Å². The first-order valence-electron chi connectivity index (χ1n) is 5.29. The molecule has 0 spiro atoms. The largest absolute Gasteiger partial charge is 0.371 e. The van der Waals surface area contributed by atoms with Crippen LogP contribution in [0.4, 0.5) is 11.4 Å². The standard InChI is InChI=1S/C11H13BrN2O2/c1-8-6-11(13-4-2-3-5-13)9(12)7-10(8)14(15)16/h6-7H,2-5H2,1H3. The molecule has 1 saturated heterocycles. The maximum absolute atomic E-state index is 10.8. The molecule has 0 bridgehead atoms. The lowest BCUT2D eigenvalue weighted by Crippen LogP contribution is -2.18. The van der Waals surface area contributed by atoms with E-state index < -0.39 is 0 Å². The molecule has 1 aromatic rings. The Bertz CT molecular complexity index is 428. The molecule has 0 saturated carbocycles. The Labute approximate surface area is 103 Å². The van der Waals surface area contributed by atoms with Gasteiger partial charge in [0.25, 0.3) is 5.69 Å². The molecule has 0 aromatic heterocycles. The zero-order valence-electron chi connectivity index (χ0n) is 9.07. The molecular weight excluding hydrogens is 272 g/mol. The van der Waals surface area contributed by atoms with Crippen LogP contribution >= 0.6 is 15.9 Å². The molecule has 2 rings (SSSR count). The van der Waals surface area contributed by atoms with Crippen molar-refractivity contribution in [2.45, 2.75) is 19.8 Å². The number of anilines is 1. The summed E-state index contributed by atoms with van der Waals surface area (Å²) in [4.78, 5) is 12.7. The van der Waals surface area contributed by atoms with E-state index in [-0.39, 0.29) is 10.6 Å². The van der Waals surface area contributed by atoms with Crippen molar-refractivity contribution in [3.63, 3.8) is 0 Å². The van der Waals surface area contributed by atoms with E-state index in [1.165, 1.54) is 12.8 Å². The maximum atomic E-state index is 10.8. The van der Waals surface area contributed by atoms with Gasteiger partial charge in [-0.3, -0.25) is 10.1 Å². The number of benzene rings is 1. The van der Waals surface area contributed by atoms with Crippen LogP contribution in [0, 0.1) is 17.0 Å². The molecule has 16 heavy (non-hydrogen) atoms. The van der Waals surface area contributed by atoms with E-state index in [4.69, 9.17) is 0 Å². The number of hydrogen-bond donors (Lipinski definition) is 0. The SMILES string of the molecule is Cc1cc(N2CCCC2)c(Br)cc1[N+](=O)[O-]. The van der Waals surface area contributed by atoms with E-state index in [1.54, 1.807) is 13.0 Å². The van der Waals surface area contributed by atoms with Gasteiger partial charge in [-0.15, -0.1) is 0 Å². The van der Waals surface area contributed by atoms with E-state index in [0.717, 1.165) is 28.8 Å². The molecule has 1 aliphatic heterocycles. The summed E-state index contributed by atoms with van der Waals surface area (Å²) in [5, 5.41) is 10.8. The fourth-order valence-electron chi connectivity index (χ4n) is 2.05. The molecule has 0 N–H and O–H groups in total. The van der Waals surface area contributed by atoms with Gasteiger partial charge in [0.2, 0.25) is 0 Å². The second-order valence-electron chi connectivity index (χ2n) is 4.04. The number of nitrogens with zero attached hydrogens (tertiary/aromatic N) is 2. The Morgan fingerprint density at radius 3 is 2.56 bits per heavy atom. The molecule has 5 heteroatoms. The smallest absolute Gasteiger partial charge is 0.273 e. The highest BCUT2D eigenvalue weighted by atomic mass is 79.9. The van der Waals surface area contributed by atoms with Crippen LogP contribution in [0.25, 0.3) is 0 Å². The van der Waals surface area contributed by atoms with Crippen LogP contribution in [0.15, 0.2) is 16.6 Å². The molecule has 86 valence electrons. The Hall–Kier alpha value is -1.10. The van der Waals surface area contributed by atoms with Crippen molar-refractivity contribution in [1.29, 1.82) is 0 Å². The fourth-order valence-corrected chi connectivity index (χ4v) is 2.63. The summed E-state index contributed by atoms with van der Waals surface area (Å²) < 4.78 is 0.812. The summed E-state index contributed by atoms with van der Waals surface area (Å²) in [5.74, 6) is 0. The molecule has 0 atom stereocenters. The van der Waals surface area contributed by atoms with Crippen molar-refractivity contribution >= 4 is 27.3 Å². The highest BCUT2D eigenvalue weighted by Gasteiger charge is 2.19. The van der Waals surface area contributed by atoms with Gasteiger partial charge in [0.15, 0.2) is 0 Å². The number of nitro benzene ring substituents is 1. The lowest BCUT2D eigenvalue weighted by molar-refractivity contribution is -0.385. The first kappa shape index (κ1) is 11.4. The van der Waals surface area contributed by atoms with E-state index in [1.807, 2.05) is 6.07 Å². The summed E-state index contributed by atoms with van der Waals surface area (Å²) >= 11 is 3.41. The van der Waals surface area contributed by atoms with Gasteiger partial charge in [-0.2, -0.15) is 0 Å². The second kappa shape index (κ2) is 4.41. The summed E-state index contributed by atoms with van der Waals surface area (Å²) in [6, 6.07) is 3.50. The van der Waals surface area contributed by atoms with E-state index in [2.05, 4.69) is 20.8 Å². The van der Waals surface area contributed by atoms with Crippen LogP contribution in [0.5, 0.6) is 0 Å². The average Bonchev–Trinajstić information content (AvgIpc) is 2.73. The summed E-state index contributed by atoms with van der Waals surface area (Å²) in [7, 11) is 0. The Kier molecular flexibility index (Phi) is 3.14. The van der Waals surface area contributed by atoms with E-state index >= 15 is 0 Å². The van der Waals surface area contributed by atoms with Gasteiger partial charge in [-0.1, -0.05) is 0 Å². The Morgan fingerprint density at radius 1 is 1.38 bits per heavy atom. The number of nitro groups is 1. The Morgan fingerprint density at radius 2 is 2.00 bits per heavy atom. The van der Waals surface area contributed by atoms with Gasteiger partial charge in [0.1, 0.15) is 0 Å². The minimum absolute atomic E-state index is 0.176. The third kappa shape index (κ3) is 2.04.